The Hall–Kier alpha value is -1.08. The normalized spacial score (nSPS) is 27.2. The van der Waals surface area contributed by atoms with Crippen LogP contribution in [0, 0.1) is 22.7 Å². The second kappa shape index (κ2) is 5.13. The van der Waals surface area contributed by atoms with Crippen LogP contribution in [0.1, 0.15) is 38.5 Å². The maximum absolute atomic E-state index is 12.3. The molecule has 104 valence electrons. The van der Waals surface area contributed by atoms with E-state index in [9.17, 15) is 4.79 Å². The number of hydrogen-bond acceptors (Lipinski definition) is 3. The van der Waals surface area contributed by atoms with Gasteiger partial charge in [-0.2, -0.15) is 5.26 Å². The molecule has 4 nitrogen and oxygen atoms in total. The van der Waals surface area contributed by atoms with Crippen LogP contribution in [0.5, 0.6) is 0 Å². The highest BCUT2D eigenvalue weighted by Gasteiger charge is 2.52. The summed E-state index contributed by atoms with van der Waals surface area (Å²) in [5.74, 6) is 0.856. The van der Waals surface area contributed by atoms with Crippen LogP contribution < -0.4 is 0 Å². The molecular formula is C15H23N3O. The molecule has 0 aromatic rings. The molecule has 3 fully saturated rings. The Kier molecular flexibility index (Phi) is 3.49. The Balaban J connectivity index is 1.47. The quantitative estimate of drug-likeness (QED) is 0.775. The minimum atomic E-state index is -0.623. The van der Waals surface area contributed by atoms with Crippen LogP contribution >= 0.6 is 0 Å². The van der Waals surface area contributed by atoms with Crippen molar-refractivity contribution in [2.45, 2.75) is 38.5 Å². The Morgan fingerprint density at radius 2 is 1.79 bits per heavy atom. The maximum atomic E-state index is 12.3. The van der Waals surface area contributed by atoms with Gasteiger partial charge in [0, 0.05) is 19.6 Å². The lowest BCUT2D eigenvalue weighted by atomic mass is 9.95. The van der Waals surface area contributed by atoms with Crippen molar-refractivity contribution in [1.29, 1.82) is 5.26 Å². The third-order valence-corrected chi connectivity index (χ3v) is 4.99. The number of piperidine rings is 1. The number of nitriles is 1. The van der Waals surface area contributed by atoms with E-state index in [0.717, 1.165) is 44.7 Å². The molecule has 0 bridgehead atoms. The number of carbonyl (C=O) groups is 1. The fourth-order valence-electron chi connectivity index (χ4n) is 3.45. The lowest BCUT2D eigenvalue weighted by molar-refractivity contribution is -0.136. The molecule has 0 atom stereocenters. The Morgan fingerprint density at radius 1 is 1.16 bits per heavy atom. The van der Waals surface area contributed by atoms with E-state index in [1.54, 1.807) is 0 Å². The SMILES string of the molecule is N#CC1(C(=O)N2CCC(CN3CCCC3)CC2)CC1. The van der Waals surface area contributed by atoms with Crippen molar-refractivity contribution in [2.24, 2.45) is 11.3 Å². The first-order chi connectivity index (χ1) is 9.23. The molecule has 0 aromatic heterocycles. The first-order valence-electron chi connectivity index (χ1n) is 7.66. The van der Waals surface area contributed by atoms with Gasteiger partial charge >= 0.3 is 0 Å². The highest BCUT2D eigenvalue weighted by molar-refractivity contribution is 5.88. The predicted molar refractivity (Wildman–Crippen MR) is 72.3 cm³/mol. The molecule has 3 aliphatic rings. The third-order valence-electron chi connectivity index (χ3n) is 4.99. The molecule has 1 aliphatic carbocycles. The summed E-state index contributed by atoms with van der Waals surface area (Å²) in [7, 11) is 0. The predicted octanol–water partition coefficient (Wildman–Crippen LogP) is 1.62. The number of amides is 1. The minimum absolute atomic E-state index is 0.106. The molecule has 2 aliphatic heterocycles. The molecule has 2 heterocycles. The summed E-state index contributed by atoms with van der Waals surface area (Å²) in [6, 6.07) is 2.22. The smallest absolute Gasteiger partial charge is 0.243 e. The van der Waals surface area contributed by atoms with Crippen molar-refractivity contribution < 1.29 is 4.79 Å². The zero-order valence-corrected chi connectivity index (χ0v) is 11.6. The number of hydrogen-bond donors (Lipinski definition) is 0. The summed E-state index contributed by atoms with van der Waals surface area (Å²) in [5, 5.41) is 9.10. The molecule has 4 heteroatoms. The van der Waals surface area contributed by atoms with Gasteiger partial charge < -0.3 is 9.80 Å². The summed E-state index contributed by atoms with van der Waals surface area (Å²) < 4.78 is 0. The molecular weight excluding hydrogens is 238 g/mol. The summed E-state index contributed by atoms with van der Waals surface area (Å²) in [5.41, 5.74) is -0.623. The molecule has 0 aromatic carbocycles. The molecule has 1 amide bonds. The van der Waals surface area contributed by atoms with Gasteiger partial charge in [-0.1, -0.05) is 0 Å². The van der Waals surface area contributed by atoms with Gasteiger partial charge in [-0.05, 0) is 57.5 Å². The number of rotatable bonds is 3. The lowest BCUT2D eigenvalue weighted by Crippen LogP contribution is -2.44. The first-order valence-corrected chi connectivity index (χ1v) is 7.66. The number of likely N-dealkylation sites (tertiary alicyclic amines) is 2. The first kappa shape index (κ1) is 12.9. The second-order valence-corrected chi connectivity index (χ2v) is 6.44. The van der Waals surface area contributed by atoms with Crippen molar-refractivity contribution in [1.82, 2.24) is 9.80 Å². The van der Waals surface area contributed by atoms with E-state index < -0.39 is 5.41 Å². The van der Waals surface area contributed by atoms with Gasteiger partial charge in [0.15, 0.2) is 0 Å². The van der Waals surface area contributed by atoms with Crippen LogP contribution in [0.4, 0.5) is 0 Å². The van der Waals surface area contributed by atoms with E-state index in [2.05, 4.69) is 11.0 Å². The van der Waals surface area contributed by atoms with Crippen LogP contribution in [0.25, 0.3) is 0 Å². The van der Waals surface area contributed by atoms with E-state index >= 15 is 0 Å². The standard InChI is InChI=1S/C15H23N3O/c16-12-15(5-6-15)14(19)18-9-3-13(4-10-18)11-17-7-1-2-8-17/h13H,1-11H2. The van der Waals surface area contributed by atoms with Gasteiger partial charge in [0.2, 0.25) is 5.91 Å². The molecule has 0 N–H and O–H groups in total. The Bertz CT molecular complexity index is 383. The average Bonchev–Trinajstić information content (AvgIpc) is 3.09. The van der Waals surface area contributed by atoms with E-state index in [1.807, 2.05) is 4.90 Å². The number of carbonyl (C=O) groups excluding carboxylic acids is 1. The van der Waals surface area contributed by atoms with Gasteiger partial charge in [0.05, 0.1) is 6.07 Å². The zero-order valence-electron chi connectivity index (χ0n) is 11.6. The van der Waals surface area contributed by atoms with Crippen molar-refractivity contribution >= 4 is 5.91 Å². The Labute approximate surface area is 115 Å². The van der Waals surface area contributed by atoms with Crippen molar-refractivity contribution in [3.63, 3.8) is 0 Å². The van der Waals surface area contributed by atoms with E-state index in [0.29, 0.717) is 0 Å². The van der Waals surface area contributed by atoms with E-state index in [-0.39, 0.29) is 5.91 Å². The fourth-order valence-corrected chi connectivity index (χ4v) is 3.45. The van der Waals surface area contributed by atoms with Crippen LogP contribution in [-0.2, 0) is 4.79 Å². The molecule has 0 spiro atoms. The van der Waals surface area contributed by atoms with Gasteiger partial charge in [-0.15, -0.1) is 0 Å². The third kappa shape index (κ3) is 2.62. The van der Waals surface area contributed by atoms with E-state index in [1.165, 1.54) is 32.5 Å². The van der Waals surface area contributed by atoms with Gasteiger partial charge in [-0.25, -0.2) is 0 Å². The monoisotopic (exact) mass is 261 g/mol. The summed E-state index contributed by atoms with van der Waals surface area (Å²) in [6.07, 6.45) is 6.48. The maximum Gasteiger partial charge on any atom is 0.243 e. The number of nitrogens with zero attached hydrogens (tertiary/aromatic N) is 3. The summed E-state index contributed by atoms with van der Waals surface area (Å²) >= 11 is 0. The fraction of sp³-hybridized carbons (Fsp3) is 0.867. The summed E-state index contributed by atoms with van der Waals surface area (Å²) in [4.78, 5) is 16.8. The van der Waals surface area contributed by atoms with Crippen LogP contribution in [-0.4, -0.2) is 48.4 Å². The average molecular weight is 261 g/mol. The molecule has 19 heavy (non-hydrogen) atoms. The summed E-state index contributed by atoms with van der Waals surface area (Å²) in [6.45, 7) is 5.46. The lowest BCUT2D eigenvalue weighted by Gasteiger charge is -2.34. The van der Waals surface area contributed by atoms with Crippen LogP contribution in [0.2, 0.25) is 0 Å². The van der Waals surface area contributed by atoms with E-state index in [4.69, 9.17) is 5.26 Å². The highest BCUT2D eigenvalue weighted by atomic mass is 16.2. The van der Waals surface area contributed by atoms with Crippen LogP contribution in [0.3, 0.4) is 0 Å². The molecule has 3 rings (SSSR count). The van der Waals surface area contributed by atoms with Gasteiger partial charge in [-0.3, -0.25) is 4.79 Å². The van der Waals surface area contributed by atoms with Crippen molar-refractivity contribution in [2.75, 3.05) is 32.7 Å². The zero-order chi connectivity index (χ0) is 13.3. The van der Waals surface area contributed by atoms with Gasteiger partial charge in [0.25, 0.3) is 0 Å². The topological polar surface area (TPSA) is 47.3 Å². The molecule has 0 radical (unpaired) electrons. The molecule has 1 saturated carbocycles. The van der Waals surface area contributed by atoms with Crippen molar-refractivity contribution in [3.8, 4) is 6.07 Å². The van der Waals surface area contributed by atoms with Crippen LogP contribution in [0.15, 0.2) is 0 Å². The van der Waals surface area contributed by atoms with Gasteiger partial charge in [0.1, 0.15) is 5.41 Å². The largest absolute Gasteiger partial charge is 0.341 e. The molecule has 0 unspecified atom stereocenters. The Morgan fingerprint density at radius 3 is 2.32 bits per heavy atom. The minimum Gasteiger partial charge on any atom is -0.341 e. The molecule has 2 saturated heterocycles. The highest BCUT2D eigenvalue weighted by Crippen LogP contribution is 2.46. The second-order valence-electron chi connectivity index (χ2n) is 6.44. The van der Waals surface area contributed by atoms with Crippen molar-refractivity contribution in [3.05, 3.63) is 0 Å².